The number of hydrogen-bond acceptors (Lipinski definition) is 8. The van der Waals surface area contributed by atoms with E-state index in [0.29, 0.717) is 46.1 Å². The molecule has 0 fully saturated rings. The van der Waals surface area contributed by atoms with Gasteiger partial charge in [0.15, 0.2) is 17.1 Å². The molecule has 3 aromatic rings. The van der Waals surface area contributed by atoms with E-state index >= 15 is 0 Å². The maximum Gasteiger partial charge on any atom is 0.343 e. The third-order valence-electron chi connectivity index (χ3n) is 6.43. The van der Waals surface area contributed by atoms with Crippen molar-refractivity contribution in [3.63, 3.8) is 0 Å². The van der Waals surface area contributed by atoms with Gasteiger partial charge in [-0.2, -0.15) is 0 Å². The number of aromatic nitrogens is 2. The summed E-state index contributed by atoms with van der Waals surface area (Å²) in [5.41, 5.74) is 2.06. The van der Waals surface area contributed by atoms with Gasteiger partial charge in [-0.3, -0.25) is 4.79 Å². The number of benzene rings is 1. The number of esters is 1. The van der Waals surface area contributed by atoms with E-state index in [1.807, 2.05) is 19.2 Å². The molecule has 1 unspecified atom stereocenters. The quantitative estimate of drug-likeness (QED) is 0.472. The lowest BCUT2D eigenvalue weighted by molar-refractivity contribution is -0.172. The van der Waals surface area contributed by atoms with Crippen molar-refractivity contribution >= 4 is 22.6 Å². The largest absolute Gasteiger partial charge is 0.458 e. The van der Waals surface area contributed by atoms with Gasteiger partial charge in [0.2, 0.25) is 6.79 Å². The Labute approximate surface area is 176 Å². The number of cyclic esters (lactones) is 1. The molecule has 0 aliphatic carbocycles. The summed E-state index contributed by atoms with van der Waals surface area (Å²) in [6.07, 6.45) is 0.102. The number of anilines is 1. The highest BCUT2D eigenvalue weighted by molar-refractivity contribution is 5.99. The zero-order valence-corrected chi connectivity index (χ0v) is 16.9. The second-order valence-corrected chi connectivity index (χ2v) is 7.89. The van der Waals surface area contributed by atoms with Crippen LogP contribution >= 0.6 is 0 Å². The Morgan fingerprint density at radius 2 is 1.94 bits per heavy atom. The highest BCUT2D eigenvalue weighted by atomic mass is 16.7. The number of ether oxygens (including phenoxy) is 3. The SMILES string of the molecule is CCC1(O)C(=O)OCc2c1cc1n(c2=O)Cc2c-1nc1cc3c(cc1c2NC)OCO3. The van der Waals surface area contributed by atoms with Crippen LogP contribution in [0, 0.1) is 0 Å². The van der Waals surface area contributed by atoms with Crippen LogP contribution in [0.1, 0.15) is 30.0 Å². The van der Waals surface area contributed by atoms with Gasteiger partial charge in [0, 0.05) is 29.6 Å². The van der Waals surface area contributed by atoms with Crippen LogP contribution in [0.15, 0.2) is 23.0 Å². The first-order valence-electron chi connectivity index (χ1n) is 10.1. The van der Waals surface area contributed by atoms with Gasteiger partial charge in [0.05, 0.1) is 34.7 Å². The van der Waals surface area contributed by atoms with Crippen molar-refractivity contribution in [3.8, 4) is 22.9 Å². The van der Waals surface area contributed by atoms with Gasteiger partial charge in [-0.1, -0.05) is 6.92 Å². The number of pyridine rings is 2. The van der Waals surface area contributed by atoms with E-state index in [4.69, 9.17) is 19.2 Å². The van der Waals surface area contributed by atoms with Gasteiger partial charge in [-0.25, -0.2) is 9.78 Å². The van der Waals surface area contributed by atoms with E-state index in [0.717, 1.165) is 16.6 Å². The van der Waals surface area contributed by atoms with Gasteiger partial charge in [0.25, 0.3) is 5.56 Å². The van der Waals surface area contributed by atoms with Crippen molar-refractivity contribution < 1.29 is 24.1 Å². The second kappa shape index (κ2) is 5.98. The topological polar surface area (TPSA) is 112 Å². The lowest BCUT2D eigenvalue weighted by Gasteiger charge is -2.31. The minimum atomic E-state index is -1.85. The van der Waals surface area contributed by atoms with E-state index in [-0.39, 0.29) is 25.4 Å². The highest BCUT2D eigenvalue weighted by Crippen LogP contribution is 2.44. The Morgan fingerprint density at radius 3 is 2.68 bits per heavy atom. The molecule has 3 aliphatic heterocycles. The number of nitrogens with zero attached hydrogens (tertiary/aromatic N) is 2. The Morgan fingerprint density at radius 1 is 1.16 bits per heavy atom. The van der Waals surface area contributed by atoms with Crippen LogP contribution in [0.3, 0.4) is 0 Å². The smallest absolute Gasteiger partial charge is 0.343 e. The standard InChI is InChI=1S/C22H19N3O6/c1-3-22(28)13-5-15-19-11(7-25(15)20(26)12(13)8-29-21(22)27)18(23-2)10-4-16-17(31-9-30-16)6-14(10)24-19/h4-6,28H,3,7-9H2,1-2H3,(H,23,24). The molecule has 0 bridgehead atoms. The predicted octanol–water partition coefficient (Wildman–Crippen LogP) is 1.85. The third kappa shape index (κ3) is 2.21. The second-order valence-electron chi connectivity index (χ2n) is 7.89. The van der Waals surface area contributed by atoms with Gasteiger partial charge in [0.1, 0.15) is 6.61 Å². The fourth-order valence-electron chi connectivity index (χ4n) is 4.76. The molecule has 0 saturated heterocycles. The number of rotatable bonds is 2. The summed E-state index contributed by atoms with van der Waals surface area (Å²) in [5, 5.41) is 15.1. The molecule has 0 amide bonds. The van der Waals surface area contributed by atoms with Crippen molar-refractivity contribution in [1.82, 2.24) is 9.55 Å². The lowest BCUT2D eigenvalue weighted by Crippen LogP contribution is -2.44. The van der Waals surface area contributed by atoms with Crippen LogP contribution < -0.4 is 20.3 Å². The number of carbonyl (C=O) groups is 1. The van der Waals surface area contributed by atoms with Crippen LogP contribution in [0.4, 0.5) is 5.69 Å². The van der Waals surface area contributed by atoms with Crippen molar-refractivity contribution in [1.29, 1.82) is 0 Å². The maximum atomic E-state index is 13.3. The summed E-state index contributed by atoms with van der Waals surface area (Å²) < 4.78 is 17.7. The predicted molar refractivity (Wildman–Crippen MR) is 110 cm³/mol. The number of aliphatic hydroxyl groups is 1. The van der Waals surface area contributed by atoms with E-state index in [9.17, 15) is 14.7 Å². The average Bonchev–Trinajstić information content (AvgIpc) is 3.38. The van der Waals surface area contributed by atoms with Crippen LogP contribution in [-0.4, -0.2) is 34.5 Å². The molecule has 158 valence electrons. The Balaban J connectivity index is 1.65. The molecular weight excluding hydrogens is 402 g/mol. The molecule has 0 saturated carbocycles. The number of nitrogens with one attached hydrogen (secondary N) is 1. The molecule has 3 aliphatic rings. The lowest BCUT2D eigenvalue weighted by atomic mass is 9.86. The summed E-state index contributed by atoms with van der Waals surface area (Å²) >= 11 is 0. The minimum absolute atomic E-state index is 0.102. The van der Waals surface area contributed by atoms with Gasteiger partial charge in [-0.15, -0.1) is 0 Å². The maximum absolute atomic E-state index is 13.3. The summed E-state index contributed by atoms with van der Waals surface area (Å²) in [4.78, 5) is 30.5. The van der Waals surface area contributed by atoms with E-state index in [2.05, 4.69) is 5.32 Å². The Hall–Kier alpha value is -3.59. The minimum Gasteiger partial charge on any atom is -0.458 e. The van der Waals surface area contributed by atoms with Gasteiger partial charge < -0.3 is 29.2 Å². The molecule has 0 radical (unpaired) electrons. The molecule has 6 rings (SSSR count). The van der Waals surface area contributed by atoms with E-state index in [1.54, 1.807) is 17.6 Å². The van der Waals surface area contributed by atoms with Crippen LogP contribution in [-0.2, 0) is 28.3 Å². The van der Waals surface area contributed by atoms with E-state index in [1.165, 1.54) is 0 Å². The number of hydrogen-bond donors (Lipinski definition) is 2. The molecule has 5 heterocycles. The number of fused-ring (bicyclic) bond motifs is 6. The van der Waals surface area contributed by atoms with Gasteiger partial charge in [-0.05, 0) is 18.6 Å². The first-order valence-corrected chi connectivity index (χ1v) is 10.1. The molecule has 1 atom stereocenters. The van der Waals surface area contributed by atoms with Gasteiger partial charge >= 0.3 is 5.97 Å². The fraction of sp³-hybridized carbons (Fsp3) is 0.318. The van der Waals surface area contributed by atoms with Crippen molar-refractivity contribution in [2.24, 2.45) is 0 Å². The molecule has 2 N–H and O–H groups in total. The zero-order valence-electron chi connectivity index (χ0n) is 16.9. The molecule has 9 heteroatoms. The highest BCUT2D eigenvalue weighted by Gasteiger charge is 2.45. The fourth-order valence-corrected chi connectivity index (χ4v) is 4.76. The van der Waals surface area contributed by atoms with Crippen molar-refractivity contribution in [3.05, 3.63) is 45.2 Å². The van der Waals surface area contributed by atoms with Crippen molar-refractivity contribution in [2.45, 2.75) is 32.1 Å². The first kappa shape index (κ1) is 18.2. The van der Waals surface area contributed by atoms with Crippen LogP contribution in [0.5, 0.6) is 11.5 Å². The zero-order chi connectivity index (χ0) is 21.5. The summed E-state index contributed by atoms with van der Waals surface area (Å²) in [7, 11) is 1.82. The van der Waals surface area contributed by atoms with Crippen molar-refractivity contribution in [2.75, 3.05) is 19.2 Å². The number of carbonyl (C=O) groups excluding carboxylic acids is 1. The average molecular weight is 421 g/mol. The van der Waals surface area contributed by atoms with Crippen LogP contribution in [0.2, 0.25) is 0 Å². The molecule has 0 spiro atoms. The molecule has 1 aromatic carbocycles. The van der Waals surface area contributed by atoms with Crippen LogP contribution in [0.25, 0.3) is 22.3 Å². The monoisotopic (exact) mass is 421 g/mol. The third-order valence-corrected chi connectivity index (χ3v) is 6.43. The molecular formula is C22H19N3O6. The van der Waals surface area contributed by atoms with E-state index < -0.39 is 11.6 Å². The Kier molecular flexibility index (Phi) is 3.51. The normalized spacial score (nSPS) is 20.3. The summed E-state index contributed by atoms with van der Waals surface area (Å²) in [5.74, 6) is 0.531. The summed E-state index contributed by atoms with van der Waals surface area (Å²) in [6, 6.07) is 5.41. The molecule has 31 heavy (non-hydrogen) atoms. The molecule has 9 nitrogen and oxygen atoms in total. The summed E-state index contributed by atoms with van der Waals surface area (Å²) in [6.45, 7) is 2.02. The Bertz CT molecular complexity index is 1380. The molecule has 2 aromatic heterocycles. The first-order chi connectivity index (χ1) is 15.0.